The van der Waals surface area contributed by atoms with Crippen molar-refractivity contribution < 1.29 is 14.7 Å². The molecule has 2 aromatic rings. The molecule has 4 heteroatoms. The van der Waals surface area contributed by atoms with E-state index in [4.69, 9.17) is 4.84 Å². The Hall–Kier alpha value is -2.62. The van der Waals surface area contributed by atoms with Gasteiger partial charge in [0.1, 0.15) is 12.3 Å². The van der Waals surface area contributed by atoms with Gasteiger partial charge in [-0.1, -0.05) is 70.8 Å². The highest BCUT2D eigenvalue weighted by Crippen LogP contribution is 2.46. The second-order valence-corrected chi connectivity index (χ2v) is 10.7. The number of unbranched alkanes of at least 4 members (excludes halogenated alkanes) is 3. The highest BCUT2D eigenvalue weighted by molar-refractivity contribution is 6.14. The van der Waals surface area contributed by atoms with Crippen LogP contribution >= 0.6 is 0 Å². The summed E-state index contributed by atoms with van der Waals surface area (Å²) in [5.41, 5.74) is 7.14. The van der Waals surface area contributed by atoms with E-state index >= 15 is 0 Å². The molecule has 2 aromatic carbocycles. The first-order valence-electron chi connectivity index (χ1n) is 12.3. The lowest BCUT2D eigenvalue weighted by Crippen LogP contribution is -2.34. The quantitative estimate of drug-likeness (QED) is 0.247. The van der Waals surface area contributed by atoms with Gasteiger partial charge in [0.15, 0.2) is 0 Å². The van der Waals surface area contributed by atoms with Crippen molar-refractivity contribution in [2.24, 2.45) is 5.16 Å². The second kappa shape index (κ2) is 10.1. The summed E-state index contributed by atoms with van der Waals surface area (Å²) >= 11 is 0. The number of carboxylic acids is 1. The summed E-state index contributed by atoms with van der Waals surface area (Å²) in [6.07, 6.45) is 6.81. The molecular formula is C29H39NO3. The topological polar surface area (TPSA) is 58.9 Å². The zero-order valence-electron chi connectivity index (χ0n) is 21.1. The van der Waals surface area contributed by atoms with E-state index in [1.165, 1.54) is 30.4 Å². The van der Waals surface area contributed by atoms with Crippen LogP contribution in [0.4, 0.5) is 0 Å². The van der Waals surface area contributed by atoms with Gasteiger partial charge in [-0.05, 0) is 78.3 Å². The summed E-state index contributed by atoms with van der Waals surface area (Å²) in [6, 6.07) is 11.6. The van der Waals surface area contributed by atoms with Crippen LogP contribution in [0, 0.1) is 6.92 Å². The Morgan fingerprint density at radius 3 is 2.09 bits per heavy atom. The Labute approximate surface area is 199 Å². The van der Waals surface area contributed by atoms with Gasteiger partial charge in [0.05, 0.1) is 5.56 Å². The van der Waals surface area contributed by atoms with Crippen LogP contribution in [0.2, 0.25) is 0 Å². The number of fused-ring (bicyclic) bond motifs is 1. The summed E-state index contributed by atoms with van der Waals surface area (Å²) in [6.45, 7) is 14.2. The minimum absolute atomic E-state index is 0.0899. The van der Waals surface area contributed by atoms with Crippen molar-refractivity contribution in [1.82, 2.24) is 0 Å². The number of rotatable bonds is 9. The Morgan fingerprint density at radius 2 is 1.52 bits per heavy atom. The molecule has 0 saturated carbocycles. The fourth-order valence-electron chi connectivity index (χ4n) is 4.71. The number of benzene rings is 2. The number of carboxylic acid groups (broad SMARTS) is 1. The predicted molar refractivity (Wildman–Crippen MR) is 136 cm³/mol. The van der Waals surface area contributed by atoms with Crippen LogP contribution in [0.25, 0.3) is 0 Å². The lowest BCUT2D eigenvalue weighted by Gasteiger charge is -2.42. The predicted octanol–water partition coefficient (Wildman–Crippen LogP) is 7.39. The minimum atomic E-state index is -0.929. The lowest BCUT2D eigenvalue weighted by atomic mass is 9.62. The molecular weight excluding hydrogens is 410 g/mol. The molecule has 3 rings (SSSR count). The Morgan fingerprint density at radius 1 is 0.939 bits per heavy atom. The molecule has 0 unspecified atom stereocenters. The van der Waals surface area contributed by atoms with Gasteiger partial charge >= 0.3 is 5.97 Å². The van der Waals surface area contributed by atoms with E-state index < -0.39 is 5.97 Å². The van der Waals surface area contributed by atoms with E-state index in [1.807, 2.05) is 12.1 Å². The molecule has 1 aliphatic carbocycles. The molecule has 0 atom stereocenters. The molecule has 0 heterocycles. The number of aryl methyl sites for hydroxylation is 1. The first-order chi connectivity index (χ1) is 15.6. The zero-order chi connectivity index (χ0) is 24.2. The molecule has 178 valence electrons. The normalized spacial score (nSPS) is 16.8. The molecule has 33 heavy (non-hydrogen) atoms. The van der Waals surface area contributed by atoms with Crippen molar-refractivity contribution in [3.8, 4) is 0 Å². The Bertz CT molecular complexity index is 1020. The molecule has 0 aliphatic heterocycles. The summed E-state index contributed by atoms with van der Waals surface area (Å²) < 4.78 is 0. The van der Waals surface area contributed by atoms with Gasteiger partial charge in [-0.15, -0.1) is 0 Å². The zero-order valence-corrected chi connectivity index (χ0v) is 21.1. The SMILES string of the molecule is CCCCCCON=C(c1ccc(C(=O)O)cc1)c1cc2c(cc1C)C(C)(C)CCC2(C)C. The maximum absolute atomic E-state index is 11.3. The van der Waals surface area contributed by atoms with Crippen molar-refractivity contribution in [3.63, 3.8) is 0 Å². The molecule has 0 amide bonds. The monoisotopic (exact) mass is 449 g/mol. The van der Waals surface area contributed by atoms with Crippen molar-refractivity contribution in [2.45, 2.75) is 90.9 Å². The van der Waals surface area contributed by atoms with Crippen molar-refractivity contribution >= 4 is 11.7 Å². The third-order valence-corrected chi connectivity index (χ3v) is 7.10. The summed E-state index contributed by atoms with van der Waals surface area (Å²) in [4.78, 5) is 17.1. The van der Waals surface area contributed by atoms with Gasteiger partial charge in [0.2, 0.25) is 0 Å². The number of hydrogen-bond donors (Lipinski definition) is 1. The number of hydrogen-bond acceptors (Lipinski definition) is 3. The van der Waals surface area contributed by atoms with Gasteiger partial charge in [0, 0.05) is 11.1 Å². The van der Waals surface area contributed by atoms with Crippen LogP contribution < -0.4 is 0 Å². The Balaban J connectivity index is 2.05. The average molecular weight is 450 g/mol. The van der Waals surface area contributed by atoms with Crippen LogP contribution in [0.1, 0.15) is 111 Å². The minimum Gasteiger partial charge on any atom is -0.478 e. The van der Waals surface area contributed by atoms with Crippen LogP contribution in [0.3, 0.4) is 0 Å². The standard InChI is InChI=1S/C29H39NO3/c1-7-8-9-10-17-33-30-26(21-11-13-22(14-12-21)27(31)32)23-19-25-24(18-20(23)2)28(3,4)15-16-29(25,5)6/h11-14,18-19H,7-10,15-17H2,1-6H3,(H,31,32). The third-order valence-electron chi connectivity index (χ3n) is 7.10. The molecule has 0 bridgehead atoms. The van der Waals surface area contributed by atoms with Gasteiger partial charge in [0.25, 0.3) is 0 Å². The van der Waals surface area contributed by atoms with Gasteiger partial charge in [-0.25, -0.2) is 4.79 Å². The second-order valence-electron chi connectivity index (χ2n) is 10.7. The van der Waals surface area contributed by atoms with Crippen molar-refractivity contribution in [3.05, 3.63) is 69.8 Å². The average Bonchev–Trinajstić information content (AvgIpc) is 2.77. The lowest BCUT2D eigenvalue weighted by molar-refractivity contribution is 0.0697. The molecule has 1 N–H and O–H groups in total. The van der Waals surface area contributed by atoms with Gasteiger partial charge in [-0.2, -0.15) is 0 Å². The molecule has 4 nitrogen and oxygen atoms in total. The fourth-order valence-corrected chi connectivity index (χ4v) is 4.71. The summed E-state index contributed by atoms with van der Waals surface area (Å²) in [5.74, 6) is -0.929. The largest absolute Gasteiger partial charge is 0.478 e. The van der Waals surface area contributed by atoms with Gasteiger partial charge < -0.3 is 9.94 Å². The number of carbonyl (C=O) groups is 1. The number of nitrogens with zero attached hydrogens (tertiary/aromatic N) is 1. The van der Waals surface area contributed by atoms with Crippen LogP contribution in [0.15, 0.2) is 41.6 Å². The van der Waals surface area contributed by atoms with E-state index in [0.717, 1.165) is 41.7 Å². The first-order valence-corrected chi connectivity index (χ1v) is 12.3. The summed E-state index contributed by atoms with van der Waals surface area (Å²) in [7, 11) is 0. The molecule has 0 aromatic heterocycles. The van der Waals surface area contributed by atoms with E-state index in [1.54, 1.807) is 12.1 Å². The smallest absolute Gasteiger partial charge is 0.335 e. The highest BCUT2D eigenvalue weighted by atomic mass is 16.6. The molecule has 0 radical (unpaired) electrons. The molecule has 0 saturated heterocycles. The van der Waals surface area contributed by atoms with Gasteiger partial charge in [-0.3, -0.25) is 0 Å². The Kier molecular flexibility index (Phi) is 7.66. The maximum Gasteiger partial charge on any atom is 0.335 e. The number of oxime groups is 1. The van der Waals surface area contributed by atoms with Crippen LogP contribution in [-0.2, 0) is 15.7 Å². The van der Waals surface area contributed by atoms with Crippen molar-refractivity contribution in [1.29, 1.82) is 0 Å². The number of aromatic carboxylic acids is 1. The third kappa shape index (κ3) is 5.66. The molecule has 1 aliphatic rings. The highest BCUT2D eigenvalue weighted by Gasteiger charge is 2.37. The van der Waals surface area contributed by atoms with Crippen molar-refractivity contribution in [2.75, 3.05) is 6.61 Å². The fraction of sp³-hybridized carbons (Fsp3) is 0.517. The van der Waals surface area contributed by atoms with E-state index in [2.05, 4.69) is 58.8 Å². The van der Waals surface area contributed by atoms with E-state index in [-0.39, 0.29) is 16.4 Å². The van der Waals surface area contributed by atoms with E-state index in [0.29, 0.717) is 6.61 Å². The molecule has 0 spiro atoms. The van der Waals surface area contributed by atoms with Crippen LogP contribution in [0.5, 0.6) is 0 Å². The first kappa shape index (κ1) is 25.0. The van der Waals surface area contributed by atoms with E-state index in [9.17, 15) is 9.90 Å². The maximum atomic E-state index is 11.3. The molecule has 0 fully saturated rings. The van der Waals surface area contributed by atoms with Crippen LogP contribution in [-0.4, -0.2) is 23.4 Å². The summed E-state index contributed by atoms with van der Waals surface area (Å²) in [5, 5.41) is 13.9.